The number of hydrogen-bond donors (Lipinski definition) is 0. The fraction of sp³-hybridized carbons (Fsp3) is 0.0588. The Morgan fingerprint density at radius 1 is 1.00 bits per heavy atom. The van der Waals surface area contributed by atoms with Crippen LogP contribution in [0.3, 0.4) is 0 Å². The molecule has 3 nitrogen and oxygen atoms in total. The summed E-state index contributed by atoms with van der Waals surface area (Å²) < 4.78 is 5.13. The van der Waals surface area contributed by atoms with Crippen LogP contribution in [0.2, 0.25) is 0 Å². The minimum Gasteiger partial charge on any atom is -0.497 e. The van der Waals surface area contributed by atoms with Gasteiger partial charge in [0.05, 0.1) is 7.11 Å². The molecule has 1 aliphatic rings. The van der Waals surface area contributed by atoms with Gasteiger partial charge in [-0.15, -0.1) is 0 Å². The fourth-order valence-electron chi connectivity index (χ4n) is 1.84. The number of rotatable bonds is 2. The lowest BCUT2D eigenvalue weighted by Gasteiger charge is -2.03. The fourth-order valence-corrected chi connectivity index (χ4v) is 1.84. The lowest BCUT2D eigenvalue weighted by molar-refractivity contribution is 0.415. The molecule has 0 atom stereocenters. The van der Waals surface area contributed by atoms with Crippen molar-refractivity contribution in [3.63, 3.8) is 0 Å². The molecular weight excluding hydrogens is 248 g/mol. The zero-order valence-corrected chi connectivity index (χ0v) is 11.0. The van der Waals surface area contributed by atoms with Gasteiger partial charge in [-0.05, 0) is 23.3 Å². The first-order valence-electron chi connectivity index (χ1n) is 6.04. The van der Waals surface area contributed by atoms with Crippen LogP contribution in [0, 0.1) is 22.7 Å². The Balaban J connectivity index is 2.34. The lowest BCUT2D eigenvalue weighted by atomic mass is 10.0. The van der Waals surface area contributed by atoms with E-state index in [1.165, 1.54) is 0 Å². The first kappa shape index (κ1) is 13.4. The highest BCUT2D eigenvalue weighted by molar-refractivity contribution is 5.77. The van der Waals surface area contributed by atoms with Gasteiger partial charge in [0.15, 0.2) is 0 Å². The van der Waals surface area contributed by atoms with E-state index in [9.17, 15) is 0 Å². The number of methoxy groups -OCH3 is 1. The second-order valence-electron chi connectivity index (χ2n) is 4.10. The van der Waals surface area contributed by atoms with Gasteiger partial charge in [0.2, 0.25) is 0 Å². The SMILES string of the molecule is COc1ccc(C2=CC=CC(=C(C#N)C#N)C=C2)cc1. The molecule has 2 rings (SSSR count). The van der Waals surface area contributed by atoms with E-state index >= 15 is 0 Å². The summed E-state index contributed by atoms with van der Waals surface area (Å²) in [6.45, 7) is 0. The minimum atomic E-state index is 0.113. The molecule has 0 amide bonds. The van der Waals surface area contributed by atoms with Crippen LogP contribution in [-0.4, -0.2) is 7.11 Å². The molecule has 0 unspecified atom stereocenters. The molecule has 0 aliphatic heterocycles. The van der Waals surface area contributed by atoms with Crippen LogP contribution < -0.4 is 4.74 Å². The molecule has 20 heavy (non-hydrogen) atoms. The third-order valence-corrected chi connectivity index (χ3v) is 2.93. The third-order valence-electron chi connectivity index (χ3n) is 2.93. The van der Waals surface area contributed by atoms with Crippen molar-refractivity contribution in [1.29, 1.82) is 10.5 Å². The first-order valence-corrected chi connectivity index (χ1v) is 6.04. The molecule has 1 aromatic rings. The minimum absolute atomic E-state index is 0.113. The van der Waals surface area contributed by atoms with Gasteiger partial charge in [-0.2, -0.15) is 10.5 Å². The molecule has 0 fully saturated rings. The van der Waals surface area contributed by atoms with Crippen LogP contribution in [0.15, 0.2) is 65.8 Å². The molecule has 0 aromatic heterocycles. The monoisotopic (exact) mass is 260 g/mol. The van der Waals surface area contributed by atoms with E-state index < -0.39 is 0 Å². The molecule has 0 heterocycles. The van der Waals surface area contributed by atoms with E-state index in [1.54, 1.807) is 19.3 Å². The summed E-state index contributed by atoms with van der Waals surface area (Å²) in [5.41, 5.74) is 2.79. The summed E-state index contributed by atoms with van der Waals surface area (Å²) in [5.74, 6) is 0.805. The van der Waals surface area contributed by atoms with Crippen molar-refractivity contribution in [2.75, 3.05) is 7.11 Å². The van der Waals surface area contributed by atoms with Gasteiger partial charge < -0.3 is 4.74 Å². The zero-order valence-electron chi connectivity index (χ0n) is 11.0. The van der Waals surface area contributed by atoms with Crippen LogP contribution in [0.5, 0.6) is 5.75 Å². The molecule has 0 N–H and O–H groups in total. The van der Waals surface area contributed by atoms with Gasteiger partial charge in [-0.3, -0.25) is 0 Å². The van der Waals surface area contributed by atoms with Gasteiger partial charge in [0.25, 0.3) is 0 Å². The molecule has 0 bridgehead atoms. The highest BCUT2D eigenvalue weighted by Gasteiger charge is 2.04. The van der Waals surface area contributed by atoms with Crippen LogP contribution in [0.1, 0.15) is 5.56 Å². The van der Waals surface area contributed by atoms with E-state index in [0.29, 0.717) is 5.57 Å². The van der Waals surface area contributed by atoms with E-state index in [2.05, 4.69) is 0 Å². The summed E-state index contributed by atoms with van der Waals surface area (Å²) in [6, 6.07) is 11.5. The van der Waals surface area contributed by atoms with Crippen molar-refractivity contribution >= 4 is 5.57 Å². The molecule has 1 aliphatic carbocycles. The summed E-state index contributed by atoms with van der Waals surface area (Å²) in [7, 11) is 1.63. The number of nitriles is 2. The van der Waals surface area contributed by atoms with Crippen molar-refractivity contribution in [2.24, 2.45) is 0 Å². The quantitative estimate of drug-likeness (QED) is 0.764. The lowest BCUT2D eigenvalue weighted by Crippen LogP contribution is -1.84. The van der Waals surface area contributed by atoms with Crippen LogP contribution in [0.25, 0.3) is 5.57 Å². The molecule has 0 saturated carbocycles. The Morgan fingerprint density at radius 2 is 1.70 bits per heavy atom. The van der Waals surface area contributed by atoms with E-state index in [4.69, 9.17) is 15.3 Å². The van der Waals surface area contributed by atoms with Gasteiger partial charge >= 0.3 is 0 Å². The maximum Gasteiger partial charge on any atom is 0.136 e. The van der Waals surface area contributed by atoms with Crippen molar-refractivity contribution < 1.29 is 4.74 Å². The summed E-state index contributed by atoms with van der Waals surface area (Å²) in [6.07, 6.45) is 9.21. The van der Waals surface area contributed by atoms with Crippen molar-refractivity contribution in [3.8, 4) is 17.9 Å². The zero-order chi connectivity index (χ0) is 14.4. The summed E-state index contributed by atoms with van der Waals surface area (Å²) in [5, 5.41) is 17.8. The second-order valence-corrected chi connectivity index (χ2v) is 4.10. The molecule has 0 saturated heterocycles. The first-order chi connectivity index (χ1) is 9.78. The normalized spacial score (nSPS) is 12.9. The molecule has 0 radical (unpaired) electrons. The maximum absolute atomic E-state index is 8.88. The predicted molar refractivity (Wildman–Crippen MR) is 77.5 cm³/mol. The average Bonchev–Trinajstić information content (AvgIpc) is 2.75. The maximum atomic E-state index is 8.88. The number of ether oxygens (including phenoxy) is 1. The van der Waals surface area contributed by atoms with Crippen molar-refractivity contribution in [2.45, 2.75) is 0 Å². The van der Waals surface area contributed by atoms with Gasteiger partial charge in [-0.1, -0.05) is 42.5 Å². The van der Waals surface area contributed by atoms with Crippen LogP contribution in [-0.2, 0) is 0 Å². The van der Waals surface area contributed by atoms with Crippen molar-refractivity contribution in [1.82, 2.24) is 0 Å². The predicted octanol–water partition coefficient (Wildman–Crippen LogP) is 3.55. The topological polar surface area (TPSA) is 56.8 Å². The Bertz CT molecular complexity index is 689. The molecule has 1 aromatic carbocycles. The largest absolute Gasteiger partial charge is 0.497 e. The van der Waals surface area contributed by atoms with Gasteiger partial charge in [0, 0.05) is 5.57 Å². The number of hydrogen-bond acceptors (Lipinski definition) is 3. The van der Waals surface area contributed by atoms with E-state index in [-0.39, 0.29) is 5.57 Å². The number of benzene rings is 1. The third kappa shape index (κ3) is 2.85. The summed E-state index contributed by atoms with van der Waals surface area (Å²) in [4.78, 5) is 0. The van der Waals surface area contributed by atoms with Gasteiger partial charge in [-0.25, -0.2) is 0 Å². The number of nitrogens with zero attached hydrogens (tertiary/aromatic N) is 2. The molecule has 3 heteroatoms. The number of allylic oxidation sites excluding steroid dienone is 8. The van der Waals surface area contributed by atoms with E-state index in [1.807, 2.05) is 54.6 Å². The Hall–Kier alpha value is -3.04. The molecule has 0 spiro atoms. The second kappa shape index (κ2) is 6.22. The highest BCUT2D eigenvalue weighted by atomic mass is 16.5. The smallest absolute Gasteiger partial charge is 0.136 e. The average molecular weight is 260 g/mol. The van der Waals surface area contributed by atoms with Crippen LogP contribution >= 0.6 is 0 Å². The van der Waals surface area contributed by atoms with E-state index in [0.717, 1.165) is 16.9 Å². The van der Waals surface area contributed by atoms with Crippen LogP contribution in [0.4, 0.5) is 0 Å². The Kier molecular flexibility index (Phi) is 4.17. The standard InChI is InChI=1S/C17H12N2O/c1-20-17-9-7-15(8-10-17)13-3-2-4-14(6-5-13)16(11-18)12-19/h2-10H,1H3. The highest BCUT2D eigenvalue weighted by Crippen LogP contribution is 2.23. The van der Waals surface area contributed by atoms with Crippen molar-refractivity contribution in [3.05, 3.63) is 71.4 Å². The summed E-state index contributed by atoms with van der Waals surface area (Å²) >= 11 is 0. The molecule has 96 valence electrons. The van der Waals surface area contributed by atoms with Gasteiger partial charge in [0.1, 0.15) is 23.5 Å². The Morgan fingerprint density at radius 3 is 2.30 bits per heavy atom. The Labute approximate surface area is 118 Å². The molecular formula is C17H12N2O.